The summed E-state index contributed by atoms with van der Waals surface area (Å²) in [7, 11) is -3.56. The van der Waals surface area contributed by atoms with Crippen LogP contribution in [0.4, 0.5) is 0 Å². The van der Waals surface area contributed by atoms with Gasteiger partial charge in [-0.15, -0.1) is 11.3 Å². The number of carbonyl (C=O) groups is 1. The van der Waals surface area contributed by atoms with Gasteiger partial charge in [-0.25, -0.2) is 8.42 Å². The van der Waals surface area contributed by atoms with Gasteiger partial charge < -0.3 is 4.74 Å². The Morgan fingerprint density at radius 1 is 1.18 bits per heavy atom. The number of fused-ring (bicyclic) bond motifs is 1. The quantitative estimate of drug-likeness (QED) is 0.596. The highest BCUT2D eigenvalue weighted by molar-refractivity contribution is 7.89. The summed E-state index contributed by atoms with van der Waals surface area (Å²) in [5, 5.41) is 3.12. The Morgan fingerprint density at radius 2 is 1.96 bits per heavy atom. The highest BCUT2D eigenvalue weighted by Crippen LogP contribution is 2.28. The van der Waals surface area contributed by atoms with Crippen molar-refractivity contribution in [1.29, 1.82) is 0 Å². The van der Waals surface area contributed by atoms with Gasteiger partial charge in [-0.05, 0) is 41.8 Å². The van der Waals surface area contributed by atoms with Crippen molar-refractivity contribution in [2.24, 2.45) is 5.92 Å². The van der Waals surface area contributed by atoms with Crippen LogP contribution in [0.3, 0.4) is 0 Å². The van der Waals surface area contributed by atoms with E-state index in [1.54, 1.807) is 17.4 Å². The highest BCUT2D eigenvalue weighted by atomic mass is 32.2. The molecule has 1 aliphatic heterocycles. The maximum Gasteiger partial charge on any atom is 0.309 e. The molecule has 3 aromatic rings. The maximum atomic E-state index is 12.6. The number of hydrogen-bond donors (Lipinski definition) is 0. The van der Waals surface area contributed by atoms with E-state index in [9.17, 15) is 13.2 Å². The van der Waals surface area contributed by atoms with Gasteiger partial charge in [-0.2, -0.15) is 4.31 Å². The lowest BCUT2D eigenvalue weighted by Gasteiger charge is -2.30. The highest BCUT2D eigenvalue weighted by Gasteiger charge is 2.32. The molecule has 0 atom stereocenters. The van der Waals surface area contributed by atoms with Crippen LogP contribution in [0, 0.1) is 5.92 Å². The number of aromatic nitrogens is 1. The molecule has 2 aromatic heterocycles. The van der Waals surface area contributed by atoms with Crippen molar-refractivity contribution in [1.82, 2.24) is 9.29 Å². The first-order valence-corrected chi connectivity index (χ1v) is 11.4. The first kappa shape index (κ1) is 19.0. The Kier molecular flexibility index (Phi) is 5.43. The molecular weight excluding hydrogens is 396 g/mol. The summed E-state index contributed by atoms with van der Waals surface area (Å²) in [4.78, 5) is 16.5. The van der Waals surface area contributed by atoms with E-state index in [1.807, 2.05) is 29.6 Å². The molecule has 0 bridgehead atoms. The van der Waals surface area contributed by atoms with Gasteiger partial charge in [-0.1, -0.05) is 18.2 Å². The molecule has 0 saturated carbocycles. The fourth-order valence-corrected chi connectivity index (χ4v) is 5.77. The number of rotatable bonds is 5. The predicted octanol–water partition coefficient (Wildman–Crippen LogP) is 3.44. The van der Waals surface area contributed by atoms with E-state index in [0.29, 0.717) is 25.9 Å². The van der Waals surface area contributed by atoms with Crippen molar-refractivity contribution in [3.63, 3.8) is 0 Å². The molecule has 1 saturated heterocycles. The summed E-state index contributed by atoms with van der Waals surface area (Å²) in [5.41, 5.74) is 1.01. The van der Waals surface area contributed by atoms with Gasteiger partial charge in [0.15, 0.2) is 0 Å². The Balaban J connectivity index is 1.34. The van der Waals surface area contributed by atoms with Crippen LogP contribution in [-0.4, -0.2) is 36.8 Å². The van der Waals surface area contributed by atoms with E-state index in [4.69, 9.17) is 4.74 Å². The van der Waals surface area contributed by atoms with Crippen LogP contribution in [0.25, 0.3) is 10.1 Å². The number of sulfonamides is 1. The standard InChI is InChI=1S/C20H20N2O4S2/c23-20(26-13-16-14-27-19-6-2-1-5-18(16)19)15-7-10-22(11-8-15)28(24,25)17-4-3-9-21-12-17/h1-6,9,12,14-15H,7-8,10-11,13H2. The number of thiophene rings is 1. The topological polar surface area (TPSA) is 76.6 Å². The van der Waals surface area contributed by atoms with Gasteiger partial charge in [0.05, 0.1) is 5.92 Å². The van der Waals surface area contributed by atoms with Crippen molar-refractivity contribution < 1.29 is 17.9 Å². The van der Waals surface area contributed by atoms with E-state index < -0.39 is 10.0 Å². The van der Waals surface area contributed by atoms with Crippen molar-refractivity contribution >= 4 is 37.4 Å². The first-order chi connectivity index (χ1) is 13.6. The molecule has 146 valence electrons. The zero-order chi connectivity index (χ0) is 19.6. The number of carbonyl (C=O) groups excluding carboxylic acids is 1. The average molecular weight is 417 g/mol. The van der Waals surface area contributed by atoms with Crippen LogP contribution in [0.15, 0.2) is 59.1 Å². The van der Waals surface area contributed by atoms with Crippen LogP contribution >= 0.6 is 11.3 Å². The van der Waals surface area contributed by atoms with Crippen molar-refractivity contribution in [3.05, 3.63) is 59.7 Å². The third kappa shape index (κ3) is 3.80. The molecule has 0 spiro atoms. The Morgan fingerprint density at radius 3 is 2.71 bits per heavy atom. The van der Waals surface area contributed by atoms with Gasteiger partial charge >= 0.3 is 5.97 Å². The molecule has 1 fully saturated rings. The monoisotopic (exact) mass is 416 g/mol. The molecule has 0 unspecified atom stereocenters. The van der Waals surface area contributed by atoms with Crippen LogP contribution in [0.1, 0.15) is 18.4 Å². The molecule has 0 amide bonds. The van der Waals surface area contributed by atoms with Crippen LogP contribution in [-0.2, 0) is 26.2 Å². The second-order valence-electron chi connectivity index (χ2n) is 6.73. The van der Waals surface area contributed by atoms with Crippen LogP contribution < -0.4 is 0 Å². The fourth-order valence-electron chi connectivity index (χ4n) is 3.39. The summed E-state index contributed by atoms with van der Waals surface area (Å²) < 4.78 is 33.4. The largest absolute Gasteiger partial charge is 0.461 e. The van der Waals surface area contributed by atoms with E-state index in [-0.39, 0.29) is 23.4 Å². The number of hydrogen-bond acceptors (Lipinski definition) is 6. The Labute approximate surface area is 167 Å². The van der Waals surface area contributed by atoms with Gasteiger partial charge in [-0.3, -0.25) is 9.78 Å². The van der Waals surface area contributed by atoms with Gasteiger partial charge in [0, 0.05) is 35.7 Å². The molecule has 1 aliphatic rings. The number of benzene rings is 1. The minimum atomic E-state index is -3.56. The lowest BCUT2D eigenvalue weighted by atomic mass is 9.98. The van der Waals surface area contributed by atoms with Gasteiger partial charge in [0.1, 0.15) is 11.5 Å². The van der Waals surface area contributed by atoms with E-state index >= 15 is 0 Å². The minimum absolute atomic E-state index is 0.181. The summed E-state index contributed by atoms with van der Waals surface area (Å²) in [5.74, 6) is -0.529. The van der Waals surface area contributed by atoms with Crippen molar-refractivity contribution in [2.75, 3.05) is 13.1 Å². The second kappa shape index (κ2) is 7.98. The molecule has 0 aliphatic carbocycles. The molecule has 4 rings (SSSR count). The lowest BCUT2D eigenvalue weighted by Crippen LogP contribution is -2.40. The summed E-state index contributed by atoms with van der Waals surface area (Å²) >= 11 is 1.63. The van der Waals surface area contributed by atoms with Crippen LogP contribution in [0.2, 0.25) is 0 Å². The third-order valence-electron chi connectivity index (χ3n) is 4.99. The molecule has 28 heavy (non-hydrogen) atoms. The van der Waals surface area contributed by atoms with E-state index in [1.165, 1.54) is 27.5 Å². The van der Waals surface area contributed by atoms with E-state index in [0.717, 1.165) is 10.9 Å². The first-order valence-electron chi connectivity index (χ1n) is 9.07. The smallest absolute Gasteiger partial charge is 0.309 e. The molecule has 1 aromatic carbocycles. The van der Waals surface area contributed by atoms with Crippen LogP contribution in [0.5, 0.6) is 0 Å². The lowest BCUT2D eigenvalue weighted by molar-refractivity contribution is -0.151. The average Bonchev–Trinajstić information content (AvgIpc) is 3.16. The molecule has 0 N–H and O–H groups in total. The molecule has 8 heteroatoms. The number of ether oxygens (including phenoxy) is 1. The Bertz CT molecular complexity index is 1070. The maximum absolute atomic E-state index is 12.6. The number of piperidine rings is 1. The second-order valence-corrected chi connectivity index (χ2v) is 9.58. The Hall–Kier alpha value is -2.29. The summed E-state index contributed by atoms with van der Waals surface area (Å²) in [6.45, 7) is 0.855. The molecule has 0 radical (unpaired) electrons. The number of pyridine rings is 1. The number of esters is 1. The molecule has 3 heterocycles. The van der Waals surface area contributed by atoms with Gasteiger partial charge in [0.25, 0.3) is 0 Å². The zero-order valence-corrected chi connectivity index (χ0v) is 16.8. The minimum Gasteiger partial charge on any atom is -0.461 e. The van der Waals surface area contributed by atoms with Crippen molar-refractivity contribution in [3.8, 4) is 0 Å². The van der Waals surface area contributed by atoms with Gasteiger partial charge in [0.2, 0.25) is 10.0 Å². The van der Waals surface area contributed by atoms with Crippen molar-refractivity contribution in [2.45, 2.75) is 24.3 Å². The summed E-state index contributed by atoms with van der Waals surface area (Å²) in [6.07, 6.45) is 3.81. The summed E-state index contributed by atoms with van der Waals surface area (Å²) in [6, 6.07) is 11.2. The zero-order valence-electron chi connectivity index (χ0n) is 15.2. The molecular formula is C20H20N2O4S2. The molecule has 6 nitrogen and oxygen atoms in total. The normalized spacial score (nSPS) is 16.3. The predicted molar refractivity (Wildman–Crippen MR) is 107 cm³/mol. The number of nitrogens with zero attached hydrogens (tertiary/aromatic N) is 2. The third-order valence-corrected chi connectivity index (χ3v) is 7.89. The fraction of sp³-hybridized carbons (Fsp3) is 0.300. The van der Waals surface area contributed by atoms with E-state index in [2.05, 4.69) is 4.98 Å². The SMILES string of the molecule is O=C(OCc1csc2ccccc12)C1CCN(S(=O)(=O)c2cccnc2)CC1.